The lowest BCUT2D eigenvalue weighted by molar-refractivity contribution is 0.245. The van der Waals surface area contributed by atoms with Gasteiger partial charge >= 0.3 is 0 Å². The van der Waals surface area contributed by atoms with Crippen molar-refractivity contribution in [3.8, 4) is 5.69 Å². The van der Waals surface area contributed by atoms with Crippen LogP contribution in [0.15, 0.2) is 67.0 Å². The Balaban J connectivity index is 1.81. The molecule has 1 fully saturated rings. The molecule has 0 aliphatic carbocycles. The summed E-state index contributed by atoms with van der Waals surface area (Å²) in [5, 5.41) is 13.5. The van der Waals surface area contributed by atoms with Gasteiger partial charge in [-0.2, -0.15) is 0 Å². The van der Waals surface area contributed by atoms with Crippen LogP contribution in [-0.4, -0.2) is 37.8 Å². The SMILES string of the molecule is Cc1ccccc1-n1cccc1[C@H]1[C@@H](c2ccccn2)NC(=S)N1CCCO. The lowest BCUT2D eigenvalue weighted by atomic mass is 10.0. The second kappa shape index (κ2) is 8.12. The number of thiocarbonyl (C=S) groups is 1. The van der Waals surface area contributed by atoms with Crippen LogP contribution in [0.2, 0.25) is 0 Å². The molecular formula is C22H24N4OS. The van der Waals surface area contributed by atoms with Crippen LogP contribution in [0.1, 0.15) is 35.5 Å². The van der Waals surface area contributed by atoms with E-state index >= 15 is 0 Å². The van der Waals surface area contributed by atoms with E-state index in [1.54, 1.807) is 0 Å². The molecule has 6 heteroatoms. The highest BCUT2D eigenvalue weighted by molar-refractivity contribution is 7.80. The summed E-state index contributed by atoms with van der Waals surface area (Å²) in [5.74, 6) is 0. The minimum atomic E-state index is -0.0509. The number of hydrogen-bond donors (Lipinski definition) is 2. The molecule has 144 valence electrons. The van der Waals surface area contributed by atoms with Crippen molar-refractivity contribution in [1.29, 1.82) is 0 Å². The standard InChI is InChI=1S/C22H24N4OS/c1-16-8-2-3-10-18(16)25-13-6-11-19(25)21-20(17-9-4-5-12-23-17)24-22(28)26(21)14-7-15-27/h2-6,8-13,20-21,27H,7,14-15H2,1H3,(H,24,28)/t20-,21+/m1/s1. The maximum Gasteiger partial charge on any atom is 0.170 e. The highest BCUT2D eigenvalue weighted by Gasteiger charge is 2.40. The van der Waals surface area contributed by atoms with Gasteiger partial charge in [-0.3, -0.25) is 4.98 Å². The van der Waals surface area contributed by atoms with Crippen molar-refractivity contribution in [1.82, 2.24) is 19.8 Å². The van der Waals surface area contributed by atoms with E-state index in [1.807, 2.05) is 24.4 Å². The summed E-state index contributed by atoms with van der Waals surface area (Å²) in [4.78, 5) is 6.76. The van der Waals surface area contributed by atoms with Gasteiger partial charge in [0.25, 0.3) is 0 Å². The molecule has 1 aliphatic rings. The van der Waals surface area contributed by atoms with Crippen molar-refractivity contribution in [2.45, 2.75) is 25.4 Å². The fraction of sp³-hybridized carbons (Fsp3) is 0.273. The first kappa shape index (κ1) is 18.7. The Morgan fingerprint density at radius 1 is 1.11 bits per heavy atom. The number of aryl methyl sites for hydroxylation is 1. The third kappa shape index (κ3) is 3.41. The second-order valence-electron chi connectivity index (χ2n) is 6.99. The van der Waals surface area contributed by atoms with Crippen LogP contribution in [0.25, 0.3) is 5.69 Å². The average Bonchev–Trinajstić information content (AvgIpc) is 3.31. The molecule has 1 aliphatic heterocycles. The van der Waals surface area contributed by atoms with Gasteiger partial charge in [0.05, 0.1) is 17.8 Å². The van der Waals surface area contributed by atoms with Gasteiger partial charge in [0.15, 0.2) is 5.11 Å². The van der Waals surface area contributed by atoms with Crippen LogP contribution < -0.4 is 5.32 Å². The Morgan fingerprint density at radius 3 is 2.68 bits per heavy atom. The molecule has 0 unspecified atom stereocenters. The quantitative estimate of drug-likeness (QED) is 0.629. The molecule has 5 nitrogen and oxygen atoms in total. The minimum Gasteiger partial charge on any atom is -0.396 e. The van der Waals surface area contributed by atoms with Crippen molar-refractivity contribution >= 4 is 17.3 Å². The summed E-state index contributed by atoms with van der Waals surface area (Å²) < 4.78 is 2.23. The predicted molar refractivity (Wildman–Crippen MR) is 114 cm³/mol. The first-order valence-electron chi connectivity index (χ1n) is 9.53. The molecule has 0 saturated carbocycles. The molecular weight excluding hydrogens is 368 g/mol. The van der Waals surface area contributed by atoms with E-state index in [4.69, 9.17) is 12.2 Å². The van der Waals surface area contributed by atoms with E-state index in [0.29, 0.717) is 18.1 Å². The summed E-state index contributed by atoms with van der Waals surface area (Å²) in [6, 6.07) is 18.5. The van der Waals surface area contributed by atoms with Gasteiger partial charge in [-0.25, -0.2) is 0 Å². The molecule has 0 amide bonds. The van der Waals surface area contributed by atoms with Crippen LogP contribution in [0, 0.1) is 6.92 Å². The van der Waals surface area contributed by atoms with E-state index in [1.165, 1.54) is 5.56 Å². The fourth-order valence-electron chi connectivity index (χ4n) is 3.90. The molecule has 2 atom stereocenters. The zero-order valence-electron chi connectivity index (χ0n) is 15.8. The summed E-state index contributed by atoms with van der Waals surface area (Å²) in [6.07, 6.45) is 4.57. The minimum absolute atomic E-state index is 0.0106. The molecule has 0 bridgehead atoms. The van der Waals surface area contributed by atoms with Crippen molar-refractivity contribution < 1.29 is 5.11 Å². The Bertz CT molecular complexity index is 956. The maximum atomic E-state index is 9.37. The van der Waals surface area contributed by atoms with Gasteiger partial charge in [0.1, 0.15) is 0 Å². The monoisotopic (exact) mass is 392 g/mol. The van der Waals surface area contributed by atoms with Crippen LogP contribution in [0.4, 0.5) is 0 Å². The van der Waals surface area contributed by atoms with E-state index < -0.39 is 0 Å². The molecule has 3 heterocycles. The van der Waals surface area contributed by atoms with E-state index in [0.717, 1.165) is 17.1 Å². The Kier molecular flexibility index (Phi) is 5.41. The summed E-state index contributed by atoms with van der Waals surface area (Å²) >= 11 is 5.66. The van der Waals surface area contributed by atoms with Crippen molar-refractivity contribution in [3.63, 3.8) is 0 Å². The zero-order chi connectivity index (χ0) is 19.5. The predicted octanol–water partition coefficient (Wildman–Crippen LogP) is 3.54. The van der Waals surface area contributed by atoms with Gasteiger partial charge in [0.2, 0.25) is 0 Å². The summed E-state index contributed by atoms with van der Waals surface area (Å²) in [5.41, 5.74) is 4.47. The molecule has 3 aromatic rings. The van der Waals surface area contributed by atoms with Gasteiger partial charge < -0.3 is 19.9 Å². The van der Waals surface area contributed by atoms with Crippen molar-refractivity contribution in [3.05, 3.63) is 83.9 Å². The number of rotatable bonds is 6. The van der Waals surface area contributed by atoms with Crippen molar-refractivity contribution in [2.75, 3.05) is 13.2 Å². The number of nitrogens with zero attached hydrogens (tertiary/aromatic N) is 3. The third-order valence-corrected chi connectivity index (χ3v) is 5.57. The van der Waals surface area contributed by atoms with Gasteiger partial charge in [-0.05, 0) is 61.5 Å². The number of hydrogen-bond acceptors (Lipinski definition) is 3. The van der Waals surface area contributed by atoms with E-state index in [2.05, 4.69) is 69.3 Å². The zero-order valence-corrected chi connectivity index (χ0v) is 16.6. The number of pyridine rings is 1. The number of aliphatic hydroxyl groups is 1. The maximum absolute atomic E-state index is 9.37. The lowest BCUT2D eigenvalue weighted by Gasteiger charge is -2.29. The second-order valence-corrected chi connectivity index (χ2v) is 7.37. The smallest absolute Gasteiger partial charge is 0.170 e. The van der Waals surface area contributed by atoms with Crippen LogP contribution in [0.5, 0.6) is 0 Å². The average molecular weight is 393 g/mol. The summed E-state index contributed by atoms with van der Waals surface area (Å²) in [6.45, 7) is 2.95. The highest BCUT2D eigenvalue weighted by Crippen LogP contribution is 2.39. The topological polar surface area (TPSA) is 53.3 Å². The highest BCUT2D eigenvalue weighted by atomic mass is 32.1. The fourth-order valence-corrected chi connectivity index (χ4v) is 4.23. The first-order valence-corrected chi connectivity index (χ1v) is 9.93. The third-order valence-electron chi connectivity index (χ3n) is 5.21. The number of benzene rings is 1. The molecule has 2 aromatic heterocycles. The van der Waals surface area contributed by atoms with Gasteiger partial charge in [-0.1, -0.05) is 24.3 Å². The van der Waals surface area contributed by atoms with Crippen LogP contribution in [-0.2, 0) is 0 Å². The number of para-hydroxylation sites is 1. The largest absolute Gasteiger partial charge is 0.396 e. The number of nitrogens with one attached hydrogen (secondary N) is 1. The molecule has 1 saturated heterocycles. The normalized spacial score (nSPS) is 19.1. The summed E-state index contributed by atoms with van der Waals surface area (Å²) in [7, 11) is 0. The molecule has 1 aromatic carbocycles. The van der Waals surface area contributed by atoms with Crippen molar-refractivity contribution in [2.24, 2.45) is 0 Å². The number of aromatic nitrogens is 2. The van der Waals surface area contributed by atoms with E-state index in [-0.39, 0.29) is 18.7 Å². The van der Waals surface area contributed by atoms with E-state index in [9.17, 15) is 5.11 Å². The Morgan fingerprint density at radius 2 is 1.93 bits per heavy atom. The first-order chi connectivity index (χ1) is 13.7. The van der Waals surface area contributed by atoms with Gasteiger partial charge in [0, 0.05) is 36.9 Å². The number of aliphatic hydroxyl groups excluding tert-OH is 1. The molecule has 2 N–H and O–H groups in total. The van der Waals surface area contributed by atoms with Crippen LogP contribution in [0.3, 0.4) is 0 Å². The Labute approximate surface area is 170 Å². The van der Waals surface area contributed by atoms with Crippen LogP contribution >= 0.6 is 12.2 Å². The van der Waals surface area contributed by atoms with Gasteiger partial charge in [-0.15, -0.1) is 0 Å². The lowest BCUT2D eigenvalue weighted by Crippen LogP contribution is -2.31. The molecule has 0 radical (unpaired) electrons. The Hall–Kier alpha value is -2.70. The molecule has 28 heavy (non-hydrogen) atoms. The molecule has 4 rings (SSSR count). The molecule has 0 spiro atoms.